The van der Waals surface area contributed by atoms with E-state index in [-0.39, 0.29) is 16.2 Å². The van der Waals surface area contributed by atoms with Crippen molar-refractivity contribution in [1.29, 1.82) is 0 Å². The van der Waals surface area contributed by atoms with E-state index in [2.05, 4.69) is 216 Å². The van der Waals surface area contributed by atoms with Crippen LogP contribution in [-0.4, -0.2) is 16.2 Å². The fraction of sp³-hybridized carbons (Fsp3) is 0.241. The molecule has 0 bridgehead atoms. The molecule has 0 amide bonds. The van der Waals surface area contributed by atoms with Crippen LogP contribution in [0.5, 0.6) is 11.5 Å². The molecule has 6 aromatic carbocycles. The summed E-state index contributed by atoms with van der Waals surface area (Å²) < 4.78 is 9.08. The third kappa shape index (κ3) is 7.24. The molecule has 1 aliphatic rings. The summed E-state index contributed by atoms with van der Waals surface area (Å²) in [6.45, 7) is 21.1. The lowest BCUT2D eigenvalue weighted by Gasteiger charge is -2.26. The normalized spacial score (nSPS) is 13.4. The molecule has 0 N–H and O–H groups in total. The molecule has 1 aliphatic heterocycles. The predicted octanol–water partition coefficient (Wildman–Crippen LogP) is 14.8. The molecule has 59 heavy (non-hydrogen) atoms. The number of pyridine rings is 1. The van der Waals surface area contributed by atoms with Crippen molar-refractivity contribution in [1.82, 2.24) is 9.55 Å². The number of hydrogen-bond donors (Lipinski definition) is 0. The molecule has 0 radical (unpaired) electrons. The molecule has 5 heteroatoms. The molecule has 2 aromatic heterocycles. The number of fused-ring (bicyclic) bond motifs is 4. The number of anilines is 4. The minimum Gasteiger partial charge on any atom is -0.457 e. The van der Waals surface area contributed by atoms with Gasteiger partial charge < -0.3 is 14.5 Å². The number of benzene rings is 6. The minimum absolute atomic E-state index is 0.00387. The Balaban J connectivity index is 1.09. The van der Waals surface area contributed by atoms with E-state index < -0.39 is 0 Å². The van der Waals surface area contributed by atoms with Gasteiger partial charge in [-0.2, -0.15) is 0 Å². The molecular weight excluding hydrogens is 721 g/mol. The summed E-state index contributed by atoms with van der Waals surface area (Å²) in [4.78, 5) is 9.77. The fourth-order valence-corrected chi connectivity index (χ4v) is 8.29. The highest BCUT2D eigenvalue weighted by molar-refractivity contribution is 6.09. The molecule has 0 aliphatic carbocycles. The van der Waals surface area contributed by atoms with Crippen LogP contribution in [0.25, 0.3) is 38.8 Å². The number of para-hydroxylation sites is 2. The fourth-order valence-electron chi connectivity index (χ4n) is 8.29. The van der Waals surface area contributed by atoms with Crippen molar-refractivity contribution in [2.45, 2.75) is 78.6 Å². The van der Waals surface area contributed by atoms with Crippen LogP contribution in [0, 0.1) is 0 Å². The number of aromatic nitrogens is 2. The molecule has 8 aromatic rings. The summed E-state index contributed by atoms with van der Waals surface area (Å²) in [6.07, 6.45) is 1.94. The molecule has 0 unspecified atom stereocenters. The summed E-state index contributed by atoms with van der Waals surface area (Å²) in [7, 11) is 0. The molecule has 0 fully saturated rings. The second-order valence-corrected chi connectivity index (χ2v) is 19.1. The number of rotatable bonds is 6. The standard InChI is InChI=1S/C54H54N4O/c1-52(2,3)38-22-24-45-46-25-23-44(34-50(46)58(49(45)31-38)51-32-39(26-27-55-51)53(4,5)6)59-43-19-15-18-41(33-43)56-35-57(48-21-14-13-20-47(48)56)42-29-37(36-16-11-10-12-17-36)28-40(30-42)54(7,8)9/h10-34H,35H2,1-9H3. The van der Waals surface area contributed by atoms with Crippen LogP contribution in [-0.2, 0) is 16.2 Å². The summed E-state index contributed by atoms with van der Waals surface area (Å²) in [5.41, 5.74) is 13.1. The van der Waals surface area contributed by atoms with Crippen LogP contribution < -0.4 is 14.5 Å². The molecule has 5 nitrogen and oxygen atoms in total. The first-order valence-corrected chi connectivity index (χ1v) is 20.8. The number of ether oxygens (including phenoxy) is 1. The topological polar surface area (TPSA) is 33.5 Å². The molecule has 296 valence electrons. The minimum atomic E-state index is -0.0131. The van der Waals surface area contributed by atoms with Crippen LogP contribution in [0.15, 0.2) is 152 Å². The van der Waals surface area contributed by atoms with Crippen molar-refractivity contribution in [3.8, 4) is 28.4 Å². The maximum absolute atomic E-state index is 6.77. The van der Waals surface area contributed by atoms with E-state index in [0.717, 1.165) is 39.7 Å². The first kappa shape index (κ1) is 38.2. The number of nitrogens with zero attached hydrogens (tertiary/aromatic N) is 4. The Morgan fingerprint density at radius 2 is 1.07 bits per heavy atom. The molecule has 0 atom stereocenters. The van der Waals surface area contributed by atoms with Gasteiger partial charge in [-0.3, -0.25) is 4.57 Å². The van der Waals surface area contributed by atoms with Crippen molar-refractivity contribution in [3.05, 3.63) is 168 Å². The highest BCUT2D eigenvalue weighted by atomic mass is 16.5. The van der Waals surface area contributed by atoms with E-state index in [9.17, 15) is 0 Å². The highest BCUT2D eigenvalue weighted by Gasteiger charge is 2.30. The molecule has 0 spiro atoms. The van der Waals surface area contributed by atoms with Gasteiger partial charge in [0.2, 0.25) is 0 Å². The van der Waals surface area contributed by atoms with E-state index in [1.807, 2.05) is 12.3 Å². The lowest BCUT2D eigenvalue weighted by molar-refractivity contribution is 0.483. The SMILES string of the molecule is CC(C)(C)c1cc(-c2ccccc2)cc(N2CN(c3cccc(Oc4ccc5c6ccc(C(C)(C)C)cc6n(-c6cc(C(C)(C)C)ccn6)c5c4)c3)c3ccccc32)c1. The van der Waals surface area contributed by atoms with E-state index in [1.165, 1.54) is 50.0 Å². The molecule has 3 heterocycles. The zero-order chi connectivity index (χ0) is 41.3. The molecule has 0 saturated carbocycles. The second-order valence-electron chi connectivity index (χ2n) is 19.1. The van der Waals surface area contributed by atoms with Gasteiger partial charge in [0.1, 0.15) is 24.0 Å². The third-order valence-electron chi connectivity index (χ3n) is 11.8. The van der Waals surface area contributed by atoms with E-state index in [1.54, 1.807) is 0 Å². The Morgan fingerprint density at radius 1 is 0.458 bits per heavy atom. The largest absolute Gasteiger partial charge is 0.457 e. The zero-order valence-corrected chi connectivity index (χ0v) is 35.8. The van der Waals surface area contributed by atoms with E-state index in [4.69, 9.17) is 9.72 Å². The Hall–Kier alpha value is -6.33. The Labute approximate surface area is 349 Å². The second kappa shape index (κ2) is 14.2. The van der Waals surface area contributed by atoms with Crippen molar-refractivity contribution in [2.24, 2.45) is 0 Å². The molecular formula is C54H54N4O. The van der Waals surface area contributed by atoms with Crippen molar-refractivity contribution < 1.29 is 4.74 Å². The van der Waals surface area contributed by atoms with Gasteiger partial charge >= 0.3 is 0 Å². The van der Waals surface area contributed by atoms with Crippen molar-refractivity contribution in [2.75, 3.05) is 16.5 Å². The molecule has 0 saturated heterocycles. The van der Waals surface area contributed by atoms with Gasteiger partial charge in [-0.05, 0) is 111 Å². The van der Waals surface area contributed by atoms with Gasteiger partial charge in [0.05, 0.1) is 22.4 Å². The molecule has 9 rings (SSSR count). The highest BCUT2D eigenvalue weighted by Crippen LogP contribution is 2.47. The first-order valence-electron chi connectivity index (χ1n) is 20.8. The summed E-state index contributed by atoms with van der Waals surface area (Å²) >= 11 is 0. The third-order valence-corrected chi connectivity index (χ3v) is 11.8. The smallest absolute Gasteiger partial charge is 0.137 e. The summed E-state index contributed by atoms with van der Waals surface area (Å²) in [5.74, 6) is 2.46. The lowest BCUT2D eigenvalue weighted by atomic mass is 9.85. The maximum Gasteiger partial charge on any atom is 0.137 e. The van der Waals surface area contributed by atoms with Crippen molar-refractivity contribution in [3.63, 3.8) is 0 Å². The van der Waals surface area contributed by atoms with Gasteiger partial charge in [0.15, 0.2) is 0 Å². The van der Waals surface area contributed by atoms with Gasteiger partial charge in [0.25, 0.3) is 0 Å². The Kier molecular flexibility index (Phi) is 9.19. The quantitative estimate of drug-likeness (QED) is 0.168. The van der Waals surface area contributed by atoms with Gasteiger partial charge in [0, 0.05) is 40.5 Å². The van der Waals surface area contributed by atoms with Crippen LogP contribution >= 0.6 is 0 Å². The Morgan fingerprint density at radius 3 is 1.76 bits per heavy atom. The first-order chi connectivity index (χ1) is 28.1. The monoisotopic (exact) mass is 774 g/mol. The van der Waals surface area contributed by atoms with Crippen LogP contribution in [0.3, 0.4) is 0 Å². The van der Waals surface area contributed by atoms with Crippen molar-refractivity contribution >= 4 is 44.6 Å². The summed E-state index contributed by atoms with van der Waals surface area (Å²) in [5, 5.41) is 2.37. The van der Waals surface area contributed by atoms with Gasteiger partial charge in [-0.15, -0.1) is 0 Å². The van der Waals surface area contributed by atoms with Gasteiger partial charge in [-0.25, -0.2) is 4.98 Å². The van der Waals surface area contributed by atoms with E-state index in [0.29, 0.717) is 6.67 Å². The summed E-state index contributed by atoms with van der Waals surface area (Å²) in [6, 6.07) is 52.6. The number of hydrogen-bond acceptors (Lipinski definition) is 4. The zero-order valence-electron chi connectivity index (χ0n) is 35.8. The van der Waals surface area contributed by atoms with Crippen LogP contribution in [0.4, 0.5) is 22.7 Å². The van der Waals surface area contributed by atoms with E-state index >= 15 is 0 Å². The average molecular weight is 775 g/mol. The van der Waals surface area contributed by atoms with Crippen LogP contribution in [0.1, 0.15) is 79.0 Å². The average Bonchev–Trinajstić information content (AvgIpc) is 3.76. The maximum atomic E-state index is 6.77. The Bertz CT molecular complexity index is 2850. The lowest BCUT2D eigenvalue weighted by Crippen LogP contribution is -2.24. The van der Waals surface area contributed by atoms with Crippen LogP contribution in [0.2, 0.25) is 0 Å². The predicted molar refractivity (Wildman–Crippen MR) is 249 cm³/mol. The van der Waals surface area contributed by atoms with Gasteiger partial charge in [-0.1, -0.05) is 129 Å².